The molecule has 1 fully saturated rings. The highest BCUT2D eigenvalue weighted by Gasteiger charge is 2.20. The summed E-state index contributed by atoms with van der Waals surface area (Å²) in [5.74, 6) is 1.04. The molecule has 22 heavy (non-hydrogen) atoms. The van der Waals surface area contributed by atoms with Crippen LogP contribution in [0.3, 0.4) is 0 Å². The largest absolute Gasteiger partial charge is 0.376 e. The number of imidazole rings is 1. The third kappa shape index (κ3) is 2.42. The summed E-state index contributed by atoms with van der Waals surface area (Å²) in [5, 5.41) is 0. The molecule has 3 aromatic rings. The maximum atomic E-state index is 5.84. The third-order valence-electron chi connectivity index (χ3n) is 4.34. The fraction of sp³-hybridized carbons (Fsp3) is 0.316. The topological polar surface area (TPSA) is 27.1 Å². The lowest BCUT2D eigenvalue weighted by atomic mass is 10.1. The van der Waals surface area contributed by atoms with Gasteiger partial charge in [0, 0.05) is 12.2 Å². The van der Waals surface area contributed by atoms with Crippen LogP contribution in [0, 0.1) is 6.92 Å². The Kier molecular flexibility index (Phi) is 3.43. The van der Waals surface area contributed by atoms with E-state index in [0.29, 0.717) is 6.10 Å². The number of fused-ring (bicyclic) bond motifs is 1. The number of nitrogens with zero attached hydrogens (tertiary/aromatic N) is 2. The molecule has 1 aliphatic heterocycles. The van der Waals surface area contributed by atoms with Crippen LogP contribution in [0.1, 0.15) is 18.4 Å². The van der Waals surface area contributed by atoms with Gasteiger partial charge in [-0.2, -0.15) is 0 Å². The summed E-state index contributed by atoms with van der Waals surface area (Å²) < 4.78 is 8.16. The summed E-state index contributed by atoms with van der Waals surface area (Å²) >= 11 is 0. The standard InChI is InChI=1S/C19H20N2O/c1-14-6-4-7-15(12-14)19-20-17-9-2-3-10-18(17)21(19)13-16-8-5-11-22-16/h2-4,6-7,9-10,12,16H,5,8,11,13H2,1H3. The molecule has 1 saturated heterocycles. The lowest BCUT2D eigenvalue weighted by Gasteiger charge is -2.14. The molecule has 0 amide bonds. The van der Waals surface area contributed by atoms with Gasteiger partial charge < -0.3 is 9.30 Å². The number of benzene rings is 2. The number of hydrogen-bond donors (Lipinski definition) is 0. The molecule has 1 aliphatic rings. The number of ether oxygens (including phenoxy) is 1. The first-order chi connectivity index (χ1) is 10.8. The summed E-state index contributed by atoms with van der Waals surface area (Å²) in [4.78, 5) is 4.87. The highest BCUT2D eigenvalue weighted by Crippen LogP contribution is 2.27. The second-order valence-corrected chi connectivity index (χ2v) is 6.04. The molecule has 4 rings (SSSR count). The van der Waals surface area contributed by atoms with Gasteiger partial charge in [-0.3, -0.25) is 0 Å². The van der Waals surface area contributed by atoms with Crippen molar-refractivity contribution in [1.82, 2.24) is 9.55 Å². The molecule has 0 N–H and O–H groups in total. The molecular weight excluding hydrogens is 272 g/mol. The second kappa shape index (κ2) is 5.58. The Labute approximate surface area is 130 Å². The Hall–Kier alpha value is -2.13. The van der Waals surface area contributed by atoms with Gasteiger partial charge in [-0.25, -0.2) is 4.98 Å². The van der Waals surface area contributed by atoms with E-state index in [-0.39, 0.29) is 0 Å². The molecule has 0 bridgehead atoms. The van der Waals surface area contributed by atoms with Gasteiger partial charge in [0.25, 0.3) is 0 Å². The Morgan fingerprint density at radius 1 is 1.18 bits per heavy atom. The van der Waals surface area contributed by atoms with Gasteiger partial charge in [-0.1, -0.05) is 35.9 Å². The number of para-hydroxylation sites is 2. The number of aromatic nitrogens is 2. The first kappa shape index (κ1) is 13.5. The van der Waals surface area contributed by atoms with Crippen LogP contribution in [0.15, 0.2) is 48.5 Å². The fourth-order valence-electron chi connectivity index (χ4n) is 3.26. The lowest BCUT2D eigenvalue weighted by molar-refractivity contribution is 0.0982. The molecule has 1 unspecified atom stereocenters. The quantitative estimate of drug-likeness (QED) is 0.723. The van der Waals surface area contributed by atoms with Crippen molar-refractivity contribution in [2.24, 2.45) is 0 Å². The second-order valence-electron chi connectivity index (χ2n) is 6.04. The highest BCUT2D eigenvalue weighted by molar-refractivity contribution is 5.80. The van der Waals surface area contributed by atoms with Crippen molar-refractivity contribution in [3.63, 3.8) is 0 Å². The van der Waals surface area contributed by atoms with Gasteiger partial charge in [0.15, 0.2) is 0 Å². The van der Waals surface area contributed by atoms with Gasteiger partial charge in [-0.15, -0.1) is 0 Å². The molecule has 112 valence electrons. The molecule has 2 aromatic carbocycles. The summed E-state index contributed by atoms with van der Waals surface area (Å²) in [7, 11) is 0. The van der Waals surface area contributed by atoms with Crippen LogP contribution in [0.5, 0.6) is 0 Å². The van der Waals surface area contributed by atoms with E-state index < -0.39 is 0 Å². The van der Waals surface area contributed by atoms with Gasteiger partial charge >= 0.3 is 0 Å². The maximum absolute atomic E-state index is 5.84. The van der Waals surface area contributed by atoms with Crippen molar-refractivity contribution in [3.05, 3.63) is 54.1 Å². The Balaban J connectivity index is 1.85. The van der Waals surface area contributed by atoms with Crippen molar-refractivity contribution in [3.8, 4) is 11.4 Å². The first-order valence-electron chi connectivity index (χ1n) is 7.95. The van der Waals surface area contributed by atoms with Gasteiger partial charge in [0.2, 0.25) is 0 Å². The predicted molar refractivity (Wildman–Crippen MR) is 88.9 cm³/mol. The zero-order valence-corrected chi connectivity index (χ0v) is 12.8. The SMILES string of the molecule is Cc1cccc(-c2nc3ccccc3n2CC2CCCO2)c1. The lowest BCUT2D eigenvalue weighted by Crippen LogP contribution is -2.15. The van der Waals surface area contributed by atoms with E-state index in [1.807, 2.05) is 6.07 Å². The summed E-state index contributed by atoms with van der Waals surface area (Å²) in [6.07, 6.45) is 2.61. The van der Waals surface area contributed by atoms with Crippen molar-refractivity contribution in [2.75, 3.05) is 6.61 Å². The predicted octanol–water partition coefficient (Wildman–Crippen LogP) is 4.19. The molecule has 0 radical (unpaired) electrons. The van der Waals surface area contributed by atoms with Crippen molar-refractivity contribution in [1.29, 1.82) is 0 Å². The van der Waals surface area contributed by atoms with Crippen LogP contribution >= 0.6 is 0 Å². The van der Waals surface area contributed by atoms with Crippen LogP contribution in [0.2, 0.25) is 0 Å². The average molecular weight is 292 g/mol. The zero-order valence-electron chi connectivity index (χ0n) is 12.8. The van der Waals surface area contributed by atoms with Crippen LogP contribution in [0.4, 0.5) is 0 Å². The fourth-order valence-corrected chi connectivity index (χ4v) is 3.26. The van der Waals surface area contributed by atoms with E-state index in [0.717, 1.165) is 37.3 Å². The van der Waals surface area contributed by atoms with Gasteiger partial charge in [0.05, 0.1) is 23.7 Å². The summed E-state index contributed by atoms with van der Waals surface area (Å²) in [5.41, 5.74) is 4.67. The van der Waals surface area contributed by atoms with Gasteiger partial charge in [-0.05, 0) is 38.0 Å². The third-order valence-corrected chi connectivity index (χ3v) is 4.34. The Morgan fingerprint density at radius 2 is 2.09 bits per heavy atom. The molecule has 3 nitrogen and oxygen atoms in total. The molecular formula is C19H20N2O. The van der Waals surface area contributed by atoms with Crippen LogP contribution in [-0.2, 0) is 11.3 Å². The molecule has 2 heterocycles. The first-order valence-corrected chi connectivity index (χ1v) is 7.95. The van der Waals surface area contributed by atoms with E-state index in [2.05, 4.69) is 54.0 Å². The van der Waals surface area contributed by atoms with E-state index in [4.69, 9.17) is 9.72 Å². The minimum Gasteiger partial charge on any atom is -0.376 e. The molecule has 1 atom stereocenters. The summed E-state index contributed by atoms with van der Waals surface area (Å²) in [6, 6.07) is 16.9. The van der Waals surface area contributed by atoms with Crippen molar-refractivity contribution < 1.29 is 4.74 Å². The highest BCUT2D eigenvalue weighted by atomic mass is 16.5. The van der Waals surface area contributed by atoms with Crippen LogP contribution in [-0.4, -0.2) is 22.3 Å². The van der Waals surface area contributed by atoms with E-state index in [1.165, 1.54) is 16.6 Å². The molecule has 1 aromatic heterocycles. The minimum atomic E-state index is 0.307. The van der Waals surface area contributed by atoms with Gasteiger partial charge in [0.1, 0.15) is 5.82 Å². The number of aryl methyl sites for hydroxylation is 1. The van der Waals surface area contributed by atoms with Crippen molar-refractivity contribution in [2.45, 2.75) is 32.4 Å². The van der Waals surface area contributed by atoms with Crippen LogP contribution < -0.4 is 0 Å². The molecule has 0 saturated carbocycles. The maximum Gasteiger partial charge on any atom is 0.141 e. The number of hydrogen-bond acceptors (Lipinski definition) is 2. The van der Waals surface area contributed by atoms with Crippen molar-refractivity contribution >= 4 is 11.0 Å². The molecule has 3 heteroatoms. The average Bonchev–Trinajstić information content (AvgIpc) is 3.16. The molecule has 0 aliphatic carbocycles. The smallest absolute Gasteiger partial charge is 0.141 e. The number of rotatable bonds is 3. The normalized spacial score (nSPS) is 18.1. The van der Waals surface area contributed by atoms with E-state index >= 15 is 0 Å². The van der Waals surface area contributed by atoms with E-state index in [1.54, 1.807) is 0 Å². The van der Waals surface area contributed by atoms with Crippen LogP contribution in [0.25, 0.3) is 22.4 Å². The summed E-state index contributed by atoms with van der Waals surface area (Å²) in [6.45, 7) is 3.89. The monoisotopic (exact) mass is 292 g/mol. The molecule has 0 spiro atoms. The van der Waals surface area contributed by atoms with E-state index in [9.17, 15) is 0 Å². The Bertz CT molecular complexity index is 800. The minimum absolute atomic E-state index is 0.307. The Morgan fingerprint density at radius 3 is 2.91 bits per heavy atom. The zero-order chi connectivity index (χ0) is 14.9.